The van der Waals surface area contributed by atoms with Crippen molar-refractivity contribution in [1.82, 2.24) is 9.78 Å². The molecule has 0 bridgehead atoms. The van der Waals surface area contributed by atoms with Gasteiger partial charge < -0.3 is 5.11 Å². The minimum atomic E-state index is -0.169. The molecule has 3 nitrogen and oxygen atoms in total. The molecule has 1 heterocycles. The fraction of sp³-hybridized carbons (Fsp3) is 0.786. The summed E-state index contributed by atoms with van der Waals surface area (Å²) < 4.78 is 2.15. The van der Waals surface area contributed by atoms with Crippen molar-refractivity contribution < 1.29 is 5.11 Å². The van der Waals surface area contributed by atoms with Gasteiger partial charge in [0, 0.05) is 5.69 Å². The van der Waals surface area contributed by atoms with Crippen LogP contribution in [-0.4, -0.2) is 21.0 Å². The predicted molar refractivity (Wildman–Crippen MR) is 69.1 cm³/mol. The summed E-state index contributed by atoms with van der Waals surface area (Å²) >= 11 is 0. The molecule has 0 saturated heterocycles. The lowest BCUT2D eigenvalue weighted by atomic mass is 9.72. The van der Waals surface area contributed by atoms with Crippen molar-refractivity contribution in [1.29, 1.82) is 0 Å². The second kappa shape index (κ2) is 4.13. The van der Waals surface area contributed by atoms with Crippen LogP contribution >= 0.6 is 0 Å². The molecule has 1 N–H and O–H groups in total. The summed E-state index contributed by atoms with van der Waals surface area (Å²) in [5, 5.41) is 14.6. The van der Waals surface area contributed by atoms with Crippen molar-refractivity contribution in [3.63, 3.8) is 0 Å². The number of nitrogens with zero attached hydrogens (tertiary/aromatic N) is 2. The fourth-order valence-corrected chi connectivity index (χ4v) is 2.88. The highest BCUT2D eigenvalue weighted by Crippen LogP contribution is 2.44. The van der Waals surface area contributed by atoms with Crippen molar-refractivity contribution >= 4 is 0 Å². The van der Waals surface area contributed by atoms with Crippen molar-refractivity contribution in [2.45, 2.75) is 66.0 Å². The molecule has 1 saturated carbocycles. The monoisotopic (exact) mass is 236 g/mol. The van der Waals surface area contributed by atoms with E-state index in [1.807, 2.05) is 0 Å². The minimum absolute atomic E-state index is 0.169. The number of aliphatic hydroxyl groups excluding tert-OH is 1. The van der Waals surface area contributed by atoms with E-state index in [-0.39, 0.29) is 11.5 Å². The maximum absolute atomic E-state index is 9.90. The van der Waals surface area contributed by atoms with Gasteiger partial charge in [0.25, 0.3) is 0 Å². The average Bonchev–Trinajstić information content (AvgIpc) is 2.50. The van der Waals surface area contributed by atoms with Crippen LogP contribution < -0.4 is 0 Å². The summed E-state index contributed by atoms with van der Waals surface area (Å²) in [6.45, 7) is 10.9. The van der Waals surface area contributed by atoms with Gasteiger partial charge in [0.15, 0.2) is 0 Å². The van der Waals surface area contributed by atoms with Gasteiger partial charge in [-0.25, -0.2) is 0 Å². The Morgan fingerprint density at radius 3 is 2.47 bits per heavy atom. The molecule has 0 aliphatic heterocycles. The molecule has 17 heavy (non-hydrogen) atoms. The summed E-state index contributed by atoms with van der Waals surface area (Å²) in [5.41, 5.74) is 3.85. The van der Waals surface area contributed by atoms with Crippen LogP contribution in [0.1, 0.15) is 56.1 Å². The second-order valence-electron chi connectivity index (χ2n) is 6.17. The molecule has 1 aliphatic rings. The van der Waals surface area contributed by atoms with Crippen LogP contribution in [0.4, 0.5) is 0 Å². The highest BCUT2D eigenvalue weighted by atomic mass is 16.3. The fourth-order valence-electron chi connectivity index (χ4n) is 2.88. The van der Waals surface area contributed by atoms with Gasteiger partial charge in [-0.3, -0.25) is 4.68 Å². The second-order valence-corrected chi connectivity index (χ2v) is 6.17. The third-order valence-electron chi connectivity index (χ3n) is 4.50. The highest BCUT2D eigenvalue weighted by Gasteiger charge is 2.38. The first-order valence-corrected chi connectivity index (χ1v) is 6.53. The van der Waals surface area contributed by atoms with Gasteiger partial charge in [-0.15, -0.1) is 0 Å². The van der Waals surface area contributed by atoms with E-state index in [2.05, 4.69) is 44.4 Å². The summed E-state index contributed by atoms with van der Waals surface area (Å²) in [5.74, 6) is 0. The van der Waals surface area contributed by atoms with Crippen LogP contribution in [0.3, 0.4) is 0 Å². The lowest BCUT2D eigenvalue weighted by Crippen LogP contribution is -2.37. The Bertz CT molecular complexity index is 420. The molecule has 0 spiro atoms. The van der Waals surface area contributed by atoms with Gasteiger partial charge in [0.2, 0.25) is 0 Å². The quantitative estimate of drug-likeness (QED) is 0.814. The van der Waals surface area contributed by atoms with Gasteiger partial charge in [-0.05, 0) is 51.0 Å². The summed E-state index contributed by atoms with van der Waals surface area (Å²) in [4.78, 5) is 0. The number of hydrogen-bond acceptors (Lipinski definition) is 2. The smallest absolute Gasteiger partial charge is 0.0625 e. The molecule has 2 atom stereocenters. The van der Waals surface area contributed by atoms with E-state index in [1.165, 1.54) is 11.3 Å². The number of aryl methyl sites for hydroxylation is 1. The van der Waals surface area contributed by atoms with Crippen LogP contribution in [0.2, 0.25) is 0 Å². The topological polar surface area (TPSA) is 38.0 Å². The number of aliphatic hydroxyl groups is 1. The van der Waals surface area contributed by atoms with Crippen molar-refractivity contribution in [3.8, 4) is 0 Å². The molecule has 3 heteroatoms. The molecular weight excluding hydrogens is 212 g/mol. The summed E-state index contributed by atoms with van der Waals surface area (Å²) in [6.07, 6.45) is 2.64. The lowest BCUT2D eigenvalue weighted by Gasteiger charge is -2.41. The Hall–Kier alpha value is -0.830. The summed E-state index contributed by atoms with van der Waals surface area (Å²) in [7, 11) is 0. The SMILES string of the molecule is Cc1nn(C2CC(O)CCC2(C)C)c(C)c1C. The molecule has 0 radical (unpaired) electrons. The number of aromatic nitrogens is 2. The maximum atomic E-state index is 9.90. The van der Waals surface area contributed by atoms with E-state index in [4.69, 9.17) is 0 Å². The first-order valence-electron chi connectivity index (χ1n) is 6.53. The molecule has 1 aliphatic carbocycles. The Kier molecular flexibility index (Phi) is 3.06. The first-order chi connectivity index (χ1) is 7.83. The molecule has 1 fully saturated rings. The van der Waals surface area contributed by atoms with Crippen LogP contribution in [-0.2, 0) is 0 Å². The van der Waals surface area contributed by atoms with Gasteiger partial charge in [-0.2, -0.15) is 5.10 Å². The lowest BCUT2D eigenvalue weighted by molar-refractivity contribution is 0.0283. The normalized spacial score (nSPS) is 28.4. The molecular formula is C14H24N2O. The van der Waals surface area contributed by atoms with E-state index in [0.29, 0.717) is 6.04 Å². The molecule has 96 valence electrons. The van der Waals surface area contributed by atoms with Gasteiger partial charge in [-0.1, -0.05) is 13.8 Å². The maximum Gasteiger partial charge on any atom is 0.0625 e. The van der Waals surface area contributed by atoms with E-state index in [0.717, 1.165) is 25.0 Å². The van der Waals surface area contributed by atoms with Crippen molar-refractivity contribution in [3.05, 3.63) is 17.0 Å². The summed E-state index contributed by atoms with van der Waals surface area (Å²) in [6, 6.07) is 0.318. The molecule has 0 aromatic carbocycles. The molecule has 1 aromatic heterocycles. The Morgan fingerprint density at radius 2 is 1.94 bits per heavy atom. The predicted octanol–water partition coefficient (Wildman–Crippen LogP) is 2.92. The van der Waals surface area contributed by atoms with E-state index in [1.54, 1.807) is 0 Å². The first kappa shape index (κ1) is 12.6. The van der Waals surface area contributed by atoms with Crippen LogP contribution in [0.25, 0.3) is 0 Å². The Morgan fingerprint density at radius 1 is 1.29 bits per heavy atom. The van der Waals surface area contributed by atoms with E-state index < -0.39 is 0 Å². The zero-order chi connectivity index (χ0) is 12.8. The molecule has 2 unspecified atom stereocenters. The van der Waals surface area contributed by atoms with Gasteiger partial charge >= 0.3 is 0 Å². The van der Waals surface area contributed by atoms with Crippen LogP contribution in [0, 0.1) is 26.2 Å². The standard InChI is InChI=1S/C14H24N2O/c1-9-10(2)15-16(11(9)3)13-8-12(17)6-7-14(13,4)5/h12-13,17H,6-8H2,1-5H3. The Balaban J connectivity index is 2.39. The average molecular weight is 236 g/mol. The number of hydrogen-bond donors (Lipinski definition) is 1. The van der Waals surface area contributed by atoms with Crippen LogP contribution in [0.5, 0.6) is 0 Å². The highest BCUT2D eigenvalue weighted by molar-refractivity contribution is 5.23. The van der Waals surface area contributed by atoms with Crippen molar-refractivity contribution in [2.75, 3.05) is 0 Å². The van der Waals surface area contributed by atoms with Gasteiger partial charge in [0.05, 0.1) is 17.8 Å². The number of rotatable bonds is 1. The van der Waals surface area contributed by atoms with Gasteiger partial charge in [0.1, 0.15) is 0 Å². The third kappa shape index (κ3) is 2.13. The Labute approximate surface area is 104 Å². The van der Waals surface area contributed by atoms with E-state index >= 15 is 0 Å². The van der Waals surface area contributed by atoms with E-state index in [9.17, 15) is 5.11 Å². The largest absolute Gasteiger partial charge is 0.393 e. The molecule has 0 amide bonds. The third-order valence-corrected chi connectivity index (χ3v) is 4.50. The molecule has 2 rings (SSSR count). The van der Waals surface area contributed by atoms with Crippen LogP contribution in [0.15, 0.2) is 0 Å². The zero-order valence-corrected chi connectivity index (χ0v) is 11.6. The zero-order valence-electron chi connectivity index (χ0n) is 11.6. The van der Waals surface area contributed by atoms with Crippen molar-refractivity contribution in [2.24, 2.45) is 5.41 Å². The molecule has 1 aromatic rings. The minimum Gasteiger partial charge on any atom is -0.393 e.